The molecule has 0 spiro atoms. The molecule has 15 heteroatoms. The van der Waals surface area contributed by atoms with E-state index in [0.29, 0.717) is 12.1 Å². The van der Waals surface area contributed by atoms with Gasteiger partial charge < -0.3 is 14.7 Å². The molecule has 5 rings (SSSR count). The van der Waals surface area contributed by atoms with Crippen LogP contribution >= 0.6 is 0 Å². The molecule has 1 aliphatic heterocycles. The van der Waals surface area contributed by atoms with Gasteiger partial charge in [0.25, 0.3) is 5.60 Å². The van der Waals surface area contributed by atoms with Crippen molar-refractivity contribution >= 4 is 21.7 Å². The predicted octanol–water partition coefficient (Wildman–Crippen LogP) is 7.72. The lowest BCUT2D eigenvalue weighted by molar-refractivity contribution is -0.399. The van der Waals surface area contributed by atoms with Crippen molar-refractivity contribution in [3.63, 3.8) is 0 Å². The van der Waals surface area contributed by atoms with Crippen molar-refractivity contribution < 1.29 is 58.6 Å². The zero-order valence-corrected chi connectivity index (χ0v) is 27.5. The summed E-state index contributed by atoms with van der Waals surface area (Å²) in [6.45, 7) is 0.444. The highest BCUT2D eigenvalue weighted by molar-refractivity contribution is 7.92. The molecule has 1 saturated carbocycles. The van der Waals surface area contributed by atoms with Crippen LogP contribution in [0.25, 0.3) is 0 Å². The van der Waals surface area contributed by atoms with Crippen molar-refractivity contribution in [3.05, 3.63) is 101 Å². The van der Waals surface area contributed by atoms with Crippen LogP contribution in [0.15, 0.2) is 83.8 Å². The van der Waals surface area contributed by atoms with E-state index >= 15 is 0 Å². The highest BCUT2D eigenvalue weighted by Gasteiger charge is 2.74. The Labute approximate surface area is 284 Å². The van der Waals surface area contributed by atoms with E-state index in [4.69, 9.17) is 4.74 Å². The fourth-order valence-electron chi connectivity index (χ4n) is 7.02. The van der Waals surface area contributed by atoms with E-state index in [-0.39, 0.29) is 54.7 Å². The zero-order chi connectivity index (χ0) is 36.7. The topological polar surface area (TPSA) is 101 Å². The summed E-state index contributed by atoms with van der Waals surface area (Å²) in [6, 6.07) is 13.6. The number of carboxylic acids is 1. The van der Waals surface area contributed by atoms with Gasteiger partial charge in [0.05, 0.1) is 16.9 Å². The van der Waals surface area contributed by atoms with Crippen LogP contribution in [-0.4, -0.2) is 55.7 Å². The fourth-order valence-corrected chi connectivity index (χ4v) is 9.10. The predicted molar refractivity (Wildman–Crippen MR) is 166 cm³/mol. The first kappa shape index (κ1) is 37.3. The summed E-state index contributed by atoms with van der Waals surface area (Å²) in [4.78, 5) is 25.9. The first-order valence-corrected chi connectivity index (χ1v) is 17.3. The minimum Gasteiger partial charge on any atom is -0.481 e. The Balaban J connectivity index is 1.57. The van der Waals surface area contributed by atoms with Gasteiger partial charge in [-0.2, -0.15) is 26.3 Å². The maximum absolute atomic E-state index is 14.7. The second kappa shape index (κ2) is 13.6. The van der Waals surface area contributed by atoms with Crippen LogP contribution in [-0.2, 0) is 34.5 Å². The van der Waals surface area contributed by atoms with Crippen molar-refractivity contribution in [3.8, 4) is 0 Å². The van der Waals surface area contributed by atoms with Gasteiger partial charge in [0, 0.05) is 24.6 Å². The summed E-state index contributed by atoms with van der Waals surface area (Å²) >= 11 is 0. The van der Waals surface area contributed by atoms with E-state index in [1.54, 1.807) is 0 Å². The average molecular weight is 730 g/mol. The molecule has 1 aliphatic carbocycles. The first-order valence-electron chi connectivity index (χ1n) is 15.8. The molecule has 2 aliphatic rings. The number of sulfone groups is 1. The summed E-state index contributed by atoms with van der Waals surface area (Å²) in [5.74, 6) is -3.37. The SMILES string of the molecule is CC(OC(c1ccc(C2(S(=O)(=O)c3ccc(F)cc3)CCN(C(=O)C3CCC(C(=O)O)CC3)C2)cc1)(C(F)(F)F)C(F)(F)F)c1ccccc1. The second-order valence-electron chi connectivity index (χ2n) is 12.8. The van der Waals surface area contributed by atoms with Gasteiger partial charge in [0.2, 0.25) is 5.91 Å². The van der Waals surface area contributed by atoms with E-state index in [1.807, 2.05) is 0 Å². The largest absolute Gasteiger partial charge is 0.481 e. The Morgan fingerprint density at radius 3 is 1.90 bits per heavy atom. The minimum atomic E-state index is -6.01. The average Bonchev–Trinajstić information content (AvgIpc) is 3.54. The van der Waals surface area contributed by atoms with Gasteiger partial charge in [-0.15, -0.1) is 0 Å². The third-order valence-electron chi connectivity index (χ3n) is 9.85. The van der Waals surface area contributed by atoms with Crippen molar-refractivity contribution in [2.75, 3.05) is 13.1 Å². The number of carboxylic acid groups (broad SMARTS) is 1. The highest BCUT2D eigenvalue weighted by atomic mass is 32.2. The Morgan fingerprint density at radius 2 is 1.38 bits per heavy atom. The van der Waals surface area contributed by atoms with Crippen LogP contribution in [0.5, 0.6) is 0 Å². The van der Waals surface area contributed by atoms with Gasteiger partial charge in [0.1, 0.15) is 10.6 Å². The van der Waals surface area contributed by atoms with Crippen LogP contribution < -0.4 is 0 Å². The number of amides is 1. The molecule has 3 aromatic rings. The molecule has 1 N–H and O–H groups in total. The van der Waals surface area contributed by atoms with Gasteiger partial charge in [-0.1, -0.05) is 54.6 Å². The number of aliphatic carboxylic acids is 1. The molecule has 50 heavy (non-hydrogen) atoms. The number of ether oxygens (including phenoxy) is 1. The van der Waals surface area contributed by atoms with E-state index < -0.39 is 80.3 Å². The molecule has 0 aromatic heterocycles. The van der Waals surface area contributed by atoms with Crippen molar-refractivity contribution in [2.24, 2.45) is 11.8 Å². The third kappa shape index (κ3) is 6.61. The molecule has 270 valence electrons. The molecule has 3 aromatic carbocycles. The molecule has 1 amide bonds. The molecule has 0 radical (unpaired) electrons. The summed E-state index contributed by atoms with van der Waals surface area (Å²) in [5, 5.41) is 9.32. The maximum atomic E-state index is 14.7. The lowest BCUT2D eigenvalue weighted by Crippen LogP contribution is -2.56. The molecule has 7 nitrogen and oxygen atoms in total. The standard InChI is InChI=1S/C35H34F7NO6S/c1-22(23-5-3-2-4-6-23)49-33(34(37,38)39,35(40,41)42)27-13-11-26(12-14-27)32(50(47,48)29-17-15-28(36)16-18-29)19-20-43(21-32)30(44)24-7-9-25(10-8-24)31(45)46/h2-6,11-18,22,24-25H,7-10,19-21H2,1H3,(H,45,46). The smallest absolute Gasteiger partial charge is 0.430 e. The number of rotatable bonds is 9. The lowest BCUT2D eigenvalue weighted by Gasteiger charge is -2.39. The molecule has 0 bridgehead atoms. The molecule has 1 saturated heterocycles. The molecule has 2 atom stereocenters. The van der Waals surface area contributed by atoms with Gasteiger partial charge in [0.15, 0.2) is 9.84 Å². The number of alkyl halides is 6. The number of hydrogen-bond donors (Lipinski definition) is 1. The maximum Gasteiger partial charge on any atom is 0.430 e. The molecule has 1 heterocycles. The molecular formula is C35H34F7NO6S. The van der Waals surface area contributed by atoms with Crippen molar-refractivity contribution in [1.29, 1.82) is 0 Å². The summed E-state index contributed by atoms with van der Waals surface area (Å²) < 4.78 is 133. The van der Waals surface area contributed by atoms with Crippen LogP contribution in [0.1, 0.15) is 61.8 Å². The number of carbonyl (C=O) groups excluding carboxylic acids is 1. The lowest BCUT2D eigenvalue weighted by atomic mass is 9.81. The monoisotopic (exact) mass is 729 g/mol. The minimum absolute atomic E-state index is 0.0542. The second-order valence-corrected chi connectivity index (χ2v) is 15.0. The Bertz CT molecular complexity index is 1780. The molecule has 2 unspecified atom stereocenters. The van der Waals surface area contributed by atoms with Crippen LogP contribution in [0.4, 0.5) is 30.7 Å². The summed E-state index contributed by atoms with van der Waals surface area (Å²) in [7, 11) is -4.56. The summed E-state index contributed by atoms with van der Waals surface area (Å²) in [5.41, 5.74) is -6.26. The normalized spacial score (nSPS) is 22.7. The molecular weight excluding hydrogens is 695 g/mol. The van der Waals surface area contributed by atoms with E-state index in [1.165, 1.54) is 35.2 Å². The summed E-state index contributed by atoms with van der Waals surface area (Å²) in [6.07, 6.45) is -13.0. The van der Waals surface area contributed by atoms with Crippen LogP contribution in [0, 0.1) is 17.7 Å². The van der Waals surface area contributed by atoms with E-state index in [0.717, 1.165) is 43.3 Å². The number of likely N-dealkylation sites (tertiary alicyclic amines) is 1. The number of nitrogens with zero attached hydrogens (tertiary/aromatic N) is 1. The quantitative estimate of drug-likeness (QED) is 0.179. The fraction of sp³-hybridized carbons (Fsp3) is 0.429. The Hall–Kier alpha value is -3.98. The van der Waals surface area contributed by atoms with E-state index in [9.17, 15) is 53.8 Å². The number of halogens is 7. The van der Waals surface area contributed by atoms with Gasteiger partial charge in [-0.05, 0) is 74.4 Å². The third-order valence-corrected chi connectivity index (χ3v) is 12.3. The zero-order valence-electron chi connectivity index (χ0n) is 26.7. The van der Waals surface area contributed by atoms with Gasteiger partial charge in [-0.25, -0.2) is 12.8 Å². The first-order chi connectivity index (χ1) is 23.3. The molecule has 2 fully saturated rings. The number of benzene rings is 3. The van der Waals surface area contributed by atoms with Gasteiger partial charge >= 0.3 is 18.3 Å². The number of carbonyl (C=O) groups is 2. The van der Waals surface area contributed by atoms with Gasteiger partial charge in [-0.3, -0.25) is 9.59 Å². The Morgan fingerprint density at radius 1 is 0.840 bits per heavy atom. The Kier molecular flexibility index (Phi) is 10.2. The van der Waals surface area contributed by atoms with Crippen LogP contribution in [0.2, 0.25) is 0 Å². The van der Waals surface area contributed by atoms with Crippen molar-refractivity contribution in [2.45, 2.75) is 72.7 Å². The highest BCUT2D eigenvalue weighted by Crippen LogP contribution is 2.55. The van der Waals surface area contributed by atoms with E-state index in [2.05, 4.69) is 0 Å². The van der Waals surface area contributed by atoms with Crippen molar-refractivity contribution in [1.82, 2.24) is 4.90 Å². The number of hydrogen-bond acceptors (Lipinski definition) is 5. The van der Waals surface area contributed by atoms with Crippen LogP contribution in [0.3, 0.4) is 0 Å².